The quantitative estimate of drug-likeness (QED) is 0.264. The van der Waals surface area contributed by atoms with Crippen molar-refractivity contribution in [3.05, 3.63) is 101 Å². The number of benzene rings is 2. The van der Waals surface area contributed by atoms with Gasteiger partial charge in [0.1, 0.15) is 6.07 Å². The van der Waals surface area contributed by atoms with Crippen LogP contribution in [0, 0.1) is 11.3 Å². The zero-order valence-electron chi connectivity index (χ0n) is 25.0. The maximum absolute atomic E-state index is 13.5. The van der Waals surface area contributed by atoms with Gasteiger partial charge < -0.3 is 14.6 Å². The van der Waals surface area contributed by atoms with Crippen molar-refractivity contribution < 1.29 is 9.53 Å². The number of anilines is 1. The van der Waals surface area contributed by atoms with Crippen molar-refractivity contribution >= 4 is 11.6 Å². The van der Waals surface area contributed by atoms with Gasteiger partial charge in [-0.25, -0.2) is 9.67 Å². The molecule has 2 aromatic heterocycles. The molecule has 2 heterocycles. The number of ether oxygens (including phenoxy) is 1. The molecule has 4 aromatic rings. The van der Waals surface area contributed by atoms with E-state index in [9.17, 15) is 10.1 Å². The van der Waals surface area contributed by atoms with Gasteiger partial charge in [0.05, 0.1) is 54.0 Å². The van der Waals surface area contributed by atoms with Crippen LogP contribution in [0.15, 0.2) is 84.5 Å². The maximum atomic E-state index is 13.5. The van der Waals surface area contributed by atoms with E-state index in [2.05, 4.69) is 55.7 Å². The molecule has 1 amide bonds. The molecule has 0 saturated heterocycles. The van der Waals surface area contributed by atoms with E-state index in [-0.39, 0.29) is 17.4 Å². The summed E-state index contributed by atoms with van der Waals surface area (Å²) in [7, 11) is 1.51. The number of nitrogens with zero attached hydrogens (tertiary/aromatic N) is 5. The normalized spacial score (nSPS) is 15.0. The van der Waals surface area contributed by atoms with Crippen molar-refractivity contribution in [1.82, 2.24) is 19.3 Å². The number of nitriles is 1. The van der Waals surface area contributed by atoms with Crippen LogP contribution in [0.5, 0.6) is 5.75 Å². The standard InChI is InChI=1S/C34H36N6O2/c1-7-30-27(19-37-40(30)26-11-9-8-10-12-26)29-20-39(21-36-29)31-16-23(14-13-22(31)2)33(41)38-28-17-25(34(3,4)5)15-24(18-35)32(28)42-6/h8-15,17,19-21,31H,7,16H2,1-6H3,(H,38,41). The minimum absolute atomic E-state index is 0.0660. The van der Waals surface area contributed by atoms with Gasteiger partial charge in [-0.3, -0.25) is 4.79 Å². The molecule has 8 heteroatoms. The zero-order valence-corrected chi connectivity index (χ0v) is 25.0. The average Bonchev–Trinajstić information content (AvgIpc) is 3.64. The fourth-order valence-electron chi connectivity index (χ4n) is 5.32. The second kappa shape index (κ2) is 11.5. The number of carbonyl (C=O) groups excluding carboxylic acids is 1. The molecule has 1 N–H and O–H groups in total. The topological polar surface area (TPSA) is 97.8 Å². The number of methoxy groups -OCH3 is 1. The number of imidazole rings is 1. The zero-order chi connectivity index (χ0) is 30.0. The molecule has 2 aromatic carbocycles. The van der Waals surface area contributed by atoms with Crippen LogP contribution >= 0.6 is 0 Å². The number of carbonyl (C=O) groups is 1. The number of para-hydroxylation sites is 1. The van der Waals surface area contributed by atoms with Crippen LogP contribution in [0.3, 0.4) is 0 Å². The maximum Gasteiger partial charge on any atom is 0.251 e. The molecule has 0 fully saturated rings. The highest BCUT2D eigenvalue weighted by molar-refractivity contribution is 6.05. The summed E-state index contributed by atoms with van der Waals surface area (Å²) in [5.74, 6) is 0.135. The van der Waals surface area contributed by atoms with Gasteiger partial charge in [-0.2, -0.15) is 10.4 Å². The van der Waals surface area contributed by atoms with Gasteiger partial charge >= 0.3 is 0 Å². The third-order valence-corrected chi connectivity index (χ3v) is 7.75. The second-order valence-corrected chi connectivity index (χ2v) is 11.6. The Morgan fingerprint density at radius 3 is 2.62 bits per heavy atom. The lowest BCUT2D eigenvalue weighted by molar-refractivity contribution is -0.113. The molecule has 0 spiro atoms. The summed E-state index contributed by atoms with van der Waals surface area (Å²) in [6, 6.07) is 15.9. The van der Waals surface area contributed by atoms with Crippen LogP contribution in [-0.2, 0) is 16.6 Å². The average molecular weight is 561 g/mol. The van der Waals surface area contributed by atoms with Crippen LogP contribution in [0.1, 0.15) is 63.9 Å². The van der Waals surface area contributed by atoms with E-state index in [1.54, 1.807) is 0 Å². The fraction of sp³-hybridized carbons (Fsp3) is 0.294. The molecule has 214 valence electrons. The molecule has 0 aliphatic heterocycles. The van der Waals surface area contributed by atoms with Gasteiger partial charge in [-0.1, -0.05) is 63.6 Å². The van der Waals surface area contributed by atoms with Gasteiger partial charge in [0.15, 0.2) is 5.75 Å². The number of amides is 1. The van der Waals surface area contributed by atoms with Gasteiger partial charge in [0.2, 0.25) is 0 Å². The van der Waals surface area contributed by atoms with Gasteiger partial charge in [0, 0.05) is 23.8 Å². The van der Waals surface area contributed by atoms with Crippen molar-refractivity contribution in [2.75, 3.05) is 12.4 Å². The SMILES string of the molecule is CCc1c(-c2cn(C3CC(C(=O)Nc4cc(C(C)(C)C)cc(C#N)c4OC)=CC=C3C)cn2)cnn1-c1ccccc1. The summed E-state index contributed by atoms with van der Waals surface area (Å²) in [6.45, 7) is 10.4. The highest BCUT2D eigenvalue weighted by Crippen LogP contribution is 2.37. The first-order valence-corrected chi connectivity index (χ1v) is 14.1. The van der Waals surface area contributed by atoms with Crippen molar-refractivity contribution in [3.8, 4) is 28.8 Å². The number of nitrogens with one attached hydrogen (secondary N) is 1. The molecule has 0 bridgehead atoms. The van der Waals surface area contributed by atoms with Crippen molar-refractivity contribution in [2.45, 2.75) is 58.9 Å². The lowest BCUT2D eigenvalue weighted by atomic mass is 9.85. The van der Waals surface area contributed by atoms with Gasteiger partial charge in [0.25, 0.3) is 5.91 Å². The molecule has 42 heavy (non-hydrogen) atoms. The van der Waals surface area contributed by atoms with Crippen LogP contribution in [0.25, 0.3) is 16.9 Å². The molecule has 5 rings (SSSR count). The summed E-state index contributed by atoms with van der Waals surface area (Å²) in [5.41, 5.74) is 7.31. The predicted octanol–water partition coefficient (Wildman–Crippen LogP) is 6.93. The molecule has 1 atom stereocenters. The summed E-state index contributed by atoms with van der Waals surface area (Å²) in [4.78, 5) is 18.3. The third kappa shape index (κ3) is 5.51. The predicted molar refractivity (Wildman–Crippen MR) is 165 cm³/mol. The minimum atomic E-state index is -0.227. The van der Waals surface area contributed by atoms with Crippen LogP contribution in [-0.4, -0.2) is 32.3 Å². The number of hydrogen-bond donors (Lipinski definition) is 1. The first kappa shape index (κ1) is 28.6. The molecule has 1 unspecified atom stereocenters. The lowest BCUT2D eigenvalue weighted by Gasteiger charge is -2.25. The Morgan fingerprint density at radius 2 is 1.95 bits per heavy atom. The summed E-state index contributed by atoms with van der Waals surface area (Å²) < 4.78 is 9.57. The Balaban J connectivity index is 1.39. The smallest absolute Gasteiger partial charge is 0.251 e. The number of rotatable bonds is 7. The van der Waals surface area contributed by atoms with E-state index in [0.29, 0.717) is 29.0 Å². The lowest BCUT2D eigenvalue weighted by Crippen LogP contribution is -2.22. The Kier molecular flexibility index (Phi) is 7.86. The van der Waals surface area contributed by atoms with E-state index >= 15 is 0 Å². The highest BCUT2D eigenvalue weighted by atomic mass is 16.5. The summed E-state index contributed by atoms with van der Waals surface area (Å²) in [5, 5.41) is 17.4. The summed E-state index contributed by atoms with van der Waals surface area (Å²) in [6.07, 6.45) is 10.9. The van der Waals surface area contributed by atoms with E-state index in [0.717, 1.165) is 40.2 Å². The van der Waals surface area contributed by atoms with Crippen molar-refractivity contribution in [3.63, 3.8) is 0 Å². The highest BCUT2D eigenvalue weighted by Gasteiger charge is 2.26. The van der Waals surface area contributed by atoms with Crippen LogP contribution in [0.4, 0.5) is 5.69 Å². The minimum Gasteiger partial charge on any atom is -0.493 e. The Hall–Kier alpha value is -4.90. The van der Waals surface area contributed by atoms with E-state index < -0.39 is 0 Å². The molecule has 0 saturated carbocycles. The van der Waals surface area contributed by atoms with Crippen molar-refractivity contribution in [1.29, 1.82) is 5.26 Å². The Morgan fingerprint density at radius 1 is 1.19 bits per heavy atom. The second-order valence-electron chi connectivity index (χ2n) is 11.6. The van der Waals surface area contributed by atoms with Crippen LogP contribution < -0.4 is 10.1 Å². The fourth-order valence-corrected chi connectivity index (χ4v) is 5.32. The molecular formula is C34H36N6O2. The summed E-state index contributed by atoms with van der Waals surface area (Å²) >= 11 is 0. The molecule has 0 radical (unpaired) electrons. The monoisotopic (exact) mass is 560 g/mol. The first-order valence-electron chi connectivity index (χ1n) is 14.1. The van der Waals surface area contributed by atoms with E-state index in [1.165, 1.54) is 7.11 Å². The first-order chi connectivity index (χ1) is 20.1. The van der Waals surface area contributed by atoms with Crippen LogP contribution in [0.2, 0.25) is 0 Å². The van der Waals surface area contributed by atoms with E-state index in [4.69, 9.17) is 9.72 Å². The number of hydrogen-bond acceptors (Lipinski definition) is 5. The molecule has 8 nitrogen and oxygen atoms in total. The number of allylic oxidation sites excluding steroid dienone is 3. The number of aromatic nitrogens is 4. The third-order valence-electron chi connectivity index (χ3n) is 7.75. The molecule has 1 aliphatic carbocycles. The largest absolute Gasteiger partial charge is 0.493 e. The van der Waals surface area contributed by atoms with Crippen molar-refractivity contribution in [2.24, 2.45) is 0 Å². The van der Waals surface area contributed by atoms with Gasteiger partial charge in [-0.15, -0.1) is 0 Å². The molecular weight excluding hydrogens is 524 g/mol. The van der Waals surface area contributed by atoms with E-state index in [1.807, 2.05) is 78.0 Å². The Labute approximate surface area is 247 Å². The Bertz CT molecular complexity index is 1730. The van der Waals surface area contributed by atoms with Gasteiger partial charge in [-0.05, 0) is 48.6 Å². The molecule has 1 aliphatic rings.